The van der Waals surface area contributed by atoms with Gasteiger partial charge in [-0.25, -0.2) is 0 Å². The van der Waals surface area contributed by atoms with Gasteiger partial charge in [0.05, 0.1) is 6.54 Å². The molecule has 0 spiro atoms. The first-order valence-corrected chi connectivity index (χ1v) is 8.39. The molecule has 2 N–H and O–H groups in total. The number of nitrogens with two attached hydrogens (primary N) is 1. The van der Waals surface area contributed by atoms with Crippen LogP contribution < -0.4 is 5.73 Å². The van der Waals surface area contributed by atoms with Crippen LogP contribution in [0, 0.1) is 17.8 Å². The van der Waals surface area contributed by atoms with E-state index in [2.05, 4.69) is 41.0 Å². The lowest BCUT2D eigenvalue weighted by atomic mass is 9.78. The first-order chi connectivity index (χ1) is 10.4. The average molecular weight is 282 g/mol. The lowest BCUT2D eigenvalue weighted by Gasteiger charge is -2.44. The van der Waals surface area contributed by atoms with Gasteiger partial charge in [-0.1, -0.05) is 36.8 Å². The van der Waals surface area contributed by atoms with E-state index in [9.17, 15) is 0 Å². The van der Waals surface area contributed by atoms with E-state index in [0.717, 1.165) is 24.1 Å². The zero-order chi connectivity index (χ0) is 14.5. The number of benzene rings is 1. The molecule has 1 saturated carbocycles. The van der Waals surface area contributed by atoms with Gasteiger partial charge < -0.3 is 5.73 Å². The van der Waals surface area contributed by atoms with Crippen LogP contribution in [-0.4, -0.2) is 24.0 Å². The molecule has 0 unspecified atom stereocenters. The largest absolute Gasteiger partial charge is 0.320 e. The van der Waals surface area contributed by atoms with Crippen LogP contribution in [0.3, 0.4) is 0 Å². The third-order valence-corrected chi connectivity index (χ3v) is 5.01. The second-order valence-corrected chi connectivity index (χ2v) is 6.43. The van der Waals surface area contributed by atoms with Crippen molar-refractivity contribution in [1.82, 2.24) is 4.90 Å². The molecule has 1 saturated heterocycles. The topological polar surface area (TPSA) is 29.3 Å². The van der Waals surface area contributed by atoms with E-state index in [4.69, 9.17) is 5.73 Å². The summed E-state index contributed by atoms with van der Waals surface area (Å²) in [6, 6.07) is 9.49. The van der Waals surface area contributed by atoms with Crippen LogP contribution in [-0.2, 0) is 6.54 Å². The molecular formula is C19H26N2. The predicted molar refractivity (Wildman–Crippen MR) is 87.8 cm³/mol. The van der Waals surface area contributed by atoms with E-state index in [0.29, 0.717) is 6.54 Å². The molecule has 2 atom stereocenters. The summed E-state index contributed by atoms with van der Waals surface area (Å²) < 4.78 is 0. The maximum absolute atomic E-state index is 5.46. The summed E-state index contributed by atoms with van der Waals surface area (Å²) in [6.07, 6.45) is 8.52. The van der Waals surface area contributed by atoms with Crippen molar-refractivity contribution in [1.29, 1.82) is 0 Å². The van der Waals surface area contributed by atoms with Crippen molar-refractivity contribution < 1.29 is 0 Å². The Kier molecular flexibility index (Phi) is 4.95. The minimum Gasteiger partial charge on any atom is -0.320 e. The predicted octanol–water partition coefficient (Wildman–Crippen LogP) is 3.15. The number of likely N-dealkylation sites (tertiary alicyclic amines) is 1. The number of piperidine rings is 1. The Balaban J connectivity index is 1.70. The van der Waals surface area contributed by atoms with Gasteiger partial charge in [0.25, 0.3) is 0 Å². The molecule has 1 aromatic rings. The fourth-order valence-corrected chi connectivity index (χ4v) is 4.06. The van der Waals surface area contributed by atoms with Crippen molar-refractivity contribution in [2.24, 2.45) is 11.7 Å². The molecule has 2 nitrogen and oxygen atoms in total. The molecule has 112 valence electrons. The van der Waals surface area contributed by atoms with Crippen molar-refractivity contribution in [2.45, 2.75) is 51.1 Å². The van der Waals surface area contributed by atoms with Crippen molar-refractivity contribution in [3.8, 4) is 11.8 Å². The van der Waals surface area contributed by atoms with E-state index >= 15 is 0 Å². The van der Waals surface area contributed by atoms with Crippen molar-refractivity contribution in [3.05, 3.63) is 35.4 Å². The summed E-state index contributed by atoms with van der Waals surface area (Å²) in [5.41, 5.74) is 7.94. The molecule has 0 amide bonds. The van der Waals surface area contributed by atoms with Gasteiger partial charge in [-0.3, -0.25) is 4.90 Å². The van der Waals surface area contributed by atoms with E-state index < -0.39 is 0 Å². The first kappa shape index (κ1) is 14.6. The van der Waals surface area contributed by atoms with E-state index in [1.54, 1.807) is 0 Å². The fourth-order valence-electron chi connectivity index (χ4n) is 4.06. The van der Waals surface area contributed by atoms with Crippen LogP contribution in [0.15, 0.2) is 24.3 Å². The number of hydrogen-bond acceptors (Lipinski definition) is 2. The second-order valence-electron chi connectivity index (χ2n) is 6.43. The van der Waals surface area contributed by atoms with Crippen LogP contribution in [0.2, 0.25) is 0 Å². The molecule has 3 rings (SSSR count). The Bertz CT molecular complexity index is 524. The van der Waals surface area contributed by atoms with Gasteiger partial charge in [0, 0.05) is 18.2 Å². The highest BCUT2D eigenvalue weighted by atomic mass is 15.2. The Morgan fingerprint density at radius 1 is 1.14 bits per heavy atom. The summed E-state index contributed by atoms with van der Waals surface area (Å²) in [7, 11) is 0. The zero-order valence-electron chi connectivity index (χ0n) is 12.9. The zero-order valence-corrected chi connectivity index (χ0v) is 12.9. The molecule has 1 heterocycles. The number of nitrogens with zero attached hydrogens (tertiary/aromatic N) is 1. The summed E-state index contributed by atoms with van der Waals surface area (Å²) in [6.45, 7) is 2.78. The standard InChI is InChI=1S/C19H26N2/c20-12-4-8-16-6-3-7-17(14-16)15-21-13-5-10-18-9-1-2-11-19(18)21/h3,6-7,14,18-19H,1-2,5,9-13,15,20H2/t18-,19-/m1/s1. The van der Waals surface area contributed by atoms with Crippen LogP contribution in [0.4, 0.5) is 0 Å². The molecule has 2 heteroatoms. The quantitative estimate of drug-likeness (QED) is 0.844. The molecule has 2 aliphatic rings. The Morgan fingerprint density at radius 3 is 2.90 bits per heavy atom. The third kappa shape index (κ3) is 3.67. The number of fused-ring (bicyclic) bond motifs is 1. The summed E-state index contributed by atoms with van der Waals surface area (Å²) >= 11 is 0. The third-order valence-electron chi connectivity index (χ3n) is 5.01. The van der Waals surface area contributed by atoms with Gasteiger partial charge in [0.15, 0.2) is 0 Å². The molecule has 21 heavy (non-hydrogen) atoms. The van der Waals surface area contributed by atoms with Gasteiger partial charge >= 0.3 is 0 Å². The van der Waals surface area contributed by atoms with Crippen molar-refractivity contribution in [3.63, 3.8) is 0 Å². The van der Waals surface area contributed by atoms with Crippen LogP contribution in [0.25, 0.3) is 0 Å². The Morgan fingerprint density at radius 2 is 2.00 bits per heavy atom. The highest BCUT2D eigenvalue weighted by Crippen LogP contribution is 2.35. The molecule has 0 radical (unpaired) electrons. The van der Waals surface area contributed by atoms with E-state index in [1.807, 2.05) is 0 Å². The second kappa shape index (κ2) is 7.11. The minimum atomic E-state index is 0.431. The van der Waals surface area contributed by atoms with Crippen LogP contribution in [0.1, 0.15) is 49.7 Å². The van der Waals surface area contributed by atoms with E-state index in [1.165, 1.54) is 50.6 Å². The monoisotopic (exact) mass is 282 g/mol. The number of rotatable bonds is 2. The van der Waals surface area contributed by atoms with Gasteiger partial charge in [0.2, 0.25) is 0 Å². The molecule has 0 aromatic heterocycles. The number of hydrogen-bond donors (Lipinski definition) is 1. The maximum atomic E-state index is 5.46. The average Bonchev–Trinajstić information content (AvgIpc) is 2.54. The van der Waals surface area contributed by atoms with Crippen LogP contribution >= 0.6 is 0 Å². The normalized spacial score (nSPS) is 25.8. The van der Waals surface area contributed by atoms with Crippen molar-refractivity contribution in [2.75, 3.05) is 13.1 Å². The molecular weight excluding hydrogens is 256 g/mol. The first-order valence-electron chi connectivity index (χ1n) is 8.39. The van der Waals surface area contributed by atoms with Gasteiger partial charge in [0.1, 0.15) is 0 Å². The fraction of sp³-hybridized carbons (Fsp3) is 0.579. The van der Waals surface area contributed by atoms with Crippen LogP contribution in [0.5, 0.6) is 0 Å². The molecule has 2 fully saturated rings. The van der Waals surface area contributed by atoms with E-state index in [-0.39, 0.29) is 0 Å². The Hall–Kier alpha value is -1.30. The maximum Gasteiger partial charge on any atom is 0.0555 e. The minimum absolute atomic E-state index is 0.431. The summed E-state index contributed by atoms with van der Waals surface area (Å²) in [5, 5.41) is 0. The molecule has 1 aliphatic carbocycles. The molecule has 0 bridgehead atoms. The highest BCUT2D eigenvalue weighted by molar-refractivity contribution is 5.37. The van der Waals surface area contributed by atoms with Gasteiger partial charge in [-0.2, -0.15) is 0 Å². The van der Waals surface area contributed by atoms with Gasteiger partial charge in [-0.05, 0) is 55.8 Å². The smallest absolute Gasteiger partial charge is 0.0555 e. The highest BCUT2D eigenvalue weighted by Gasteiger charge is 2.32. The van der Waals surface area contributed by atoms with Gasteiger partial charge in [-0.15, -0.1) is 0 Å². The lowest BCUT2D eigenvalue weighted by molar-refractivity contribution is 0.0547. The van der Waals surface area contributed by atoms with Crippen molar-refractivity contribution >= 4 is 0 Å². The summed E-state index contributed by atoms with van der Waals surface area (Å²) in [5.74, 6) is 7.04. The Labute approximate surface area is 128 Å². The molecule has 1 aromatic carbocycles. The SMILES string of the molecule is NCC#Cc1cccc(CN2CCC[C@H]3CCCC[C@H]32)c1. The summed E-state index contributed by atoms with van der Waals surface area (Å²) in [4.78, 5) is 2.73. The lowest BCUT2D eigenvalue weighted by Crippen LogP contribution is -2.46. The molecule has 1 aliphatic heterocycles.